The SMILES string of the molecule is CC/C=C\C/C=C\C/C=C\C/C=C\C/C=C\C/C=C\CCCCCCCCCCCCCCCCC(=O)OCC(O)COP(=O)(O)OCC(O)COP(=O)(O)OCC(COC(=O)CCCCCCCCCCCCC/C=C\C/C=C\C/C=C\C/C=C\CCCCC)OC(=O)CCCCCCC/C=C\CCCC. The summed E-state index contributed by atoms with van der Waals surface area (Å²) in [6.45, 7) is 2.51. The van der Waals surface area contributed by atoms with E-state index in [9.17, 15) is 43.5 Å². The number of rotatable bonds is 80. The molecule has 4 N–H and O–H groups in total. The molecule has 0 aliphatic rings. The molecule has 107 heavy (non-hydrogen) atoms. The maximum absolute atomic E-state index is 12.9. The van der Waals surface area contributed by atoms with Crippen molar-refractivity contribution in [2.75, 3.05) is 39.6 Å². The number of hydrogen-bond acceptors (Lipinski definition) is 14. The summed E-state index contributed by atoms with van der Waals surface area (Å²) in [5.41, 5.74) is 0. The van der Waals surface area contributed by atoms with Gasteiger partial charge in [0.2, 0.25) is 0 Å². The van der Waals surface area contributed by atoms with Gasteiger partial charge in [0.25, 0.3) is 0 Å². The molecule has 0 rings (SSSR count). The largest absolute Gasteiger partial charge is 0.472 e. The van der Waals surface area contributed by atoms with Crippen molar-refractivity contribution in [2.45, 2.75) is 373 Å². The maximum atomic E-state index is 12.9. The number of unbranched alkanes of at least 4 members (excludes halogenated alkanes) is 35. The Balaban J connectivity index is 4.38. The molecule has 0 fully saturated rings. The molecule has 0 saturated heterocycles. The predicted octanol–water partition coefficient (Wildman–Crippen LogP) is 25.4. The molecule has 0 heterocycles. The summed E-state index contributed by atoms with van der Waals surface area (Å²) in [6.07, 6.45) is 99.5. The van der Waals surface area contributed by atoms with Crippen LogP contribution in [0.1, 0.15) is 355 Å². The van der Waals surface area contributed by atoms with Crippen molar-refractivity contribution in [3.05, 3.63) is 134 Å². The van der Waals surface area contributed by atoms with Crippen LogP contribution in [-0.4, -0.2) is 95.9 Å². The molecule has 0 aromatic heterocycles. The average Bonchev–Trinajstić information content (AvgIpc) is 0.940. The van der Waals surface area contributed by atoms with Crippen LogP contribution in [-0.2, 0) is 55.8 Å². The number of phosphoric ester groups is 2. The number of hydrogen-bond donors (Lipinski definition) is 4. The van der Waals surface area contributed by atoms with E-state index in [2.05, 4.69) is 154 Å². The lowest BCUT2D eigenvalue weighted by atomic mass is 10.0. The molecule has 0 aromatic carbocycles. The van der Waals surface area contributed by atoms with E-state index in [0.717, 1.165) is 154 Å². The van der Waals surface area contributed by atoms with E-state index in [-0.39, 0.29) is 19.3 Å². The van der Waals surface area contributed by atoms with Gasteiger partial charge in [-0.15, -0.1) is 0 Å². The van der Waals surface area contributed by atoms with Crippen LogP contribution in [0, 0.1) is 0 Å². The van der Waals surface area contributed by atoms with Gasteiger partial charge in [0.05, 0.1) is 26.4 Å². The molecule has 0 aliphatic carbocycles. The van der Waals surface area contributed by atoms with Crippen molar-refractivity contribution in [1.82, 2.24) is 0 Å². The van der Waals surface area contributed by atoms with Gasteiger partial charge < -0.3 is 34.2 Å². The lowest BCUT2D eigenvalue weighted by molar-refractivity contribution is -0.161. The quantitative estimate of drug-likeness (QED) is 0.0146. The number of carbonyl (C=O) groups is 3. The van der Waals surface area contributed by atoms with Gasteiger partial charge in [-0.3, -0.25) is 32.5 Å². The number of carbonyl (C=O) groups excluding carboxylic acids is 3. The van der Waals surface area contributed by atoms with Crippen LogP contribution < -0.4 is 0 Å². The van der Waals surface area contributed by atoms with Crippen molar-refractivity contribution in [3.8, 4) is 0 Å². The van der Waals surface area contributed by atoms with Crippen LogP contribution in [0.15, 0.2) is 134 Å². The molecule has 5 unspecified atom stereocenters. The Hall–Kier alpha value is -4.31. The summed E-state index contributed by atoms with van der Waals surface area (Å²) in [5.74, 6) is -1.58. The predicted molar refractivity (Wildman–Crippen MR) is 445 cm³/mol. The molecule has 0 amide bonds. The molecule has 0 aliphatic heterocycles. The van der Waals surface area contributed by atoms with Gasteiger partial charge >= 0.3 is 33.6 Å². The van der Waals surface area contributed by atoms with E-state index in [1.165, 1.54) is 141 Å². The van der Waals surface area contributed by atoms with Gasteiger partial charge in [0.15, 0.2) is 6.10 Å². The van der Waals surface area contributed by atoms with E-state index in [1.807, 2.05) is 0 Å². The molecule has 0 spiro atoms. The van der Waals surface area contributed by atoms with Crippen LogP contribution in [0.25, 0.3) is 0 Å². The monoisotopic (exact) mass is 1540 g/mol. The normalized spacial score (nSPS) is 14.6. The van der Waals surface area contributed by atoms with Gasteiger partial charge in [-0.05, 0) is 135 Å². The van der Waals surface area contributed by atoms with Gasteiger partial charge in [0.1, 0.15) is 25.4 Å². The van der Waals surface area contributed by atoms with E-state index in [0.29, 0.717) is 19.3 Å². The molecular weight excluding hydrogens is 1390 g/mol. The Morgan fingerprint density at radius 2 is 0.505 bits per heavy atom. The molecule has 18 heteroatoms. The first kappa shape index (κ1) is 103. The number of phosphoric acid groups is 2. The van der Waals surface area contributed by atoms with E-state index in [1.54, 1.807) is 0 Å². The number of allylic oxidation sites excluding steroid dienone is 22. The van der Waals surface area contributed by atoms with E-state index >= 15 is 0 Å². The van der Waals surface area contributed by atoms with Gasteiger partial charge in [0, 0.05) is 19.3 Å². The fourth-order valence-electron chi connectivity index (χ4n) is 11.4. The Kier molecular flexibility index (Phi) is 77.9. The third-order valence-electron chi connectivity index (χ3n) is 17.8. The third kappa shape index (κ3) is 82.5. The number of aliphatic hydroxyl groups excluding tert-OH is 2. The highest BCUT2D eigenvalue weighted by molar-refractivity contribution is 7.47. The second-order valence-electron chi connectivity index (χ2n) is 28.2. The first-order valence-electron chi connectivity index (χ1n) is 42.5. The van der Waals surface area contributed by atoms with Gasteiger partial charge in [-0.2, -0.15) is 0 Å². The van der Waals surface area contributed by atoms with Crippen LogP contribution in [0.4, 0.5) is 0 Å². The van der Waals surface area contributed by atoms with Crippen LogP contribution in [0.5, 0.6) is 0 Å². The third-order valence-corrected chi connectivity index (χ3v) is 19.7. The van der Waals surface area contributed by atoms with E-state index < -0.39 is 91.5 Å². The molecule has 0 radical (unpaired) electrons. The highest BCUT2D eigenvalue weighted by Crippen LogP contribution is 2.45. The Morgan fingerprint density at radius 1 is 0.271 bits per heavy atom. The van der Waals surface area contributed by atoms with Crippen molar-refractivity contribution < 1.29 is 75.8 Å². The first-order valence-corrected chi connectivity index (χ1v) is 45.5. The second-order valence-corrected chi connectivity index (χ2v) is 31.2. The highest BCUT2D eigenvalue weighted by Gasteiger charge is 2.29. The van der Waals surface area contributed by atoms with Gasteiger partial charge in [-0.25, -0.2) is 9.13 Å². The topological polar surface area (TPSA) is 231 Å². The summed E-state index contributed by atoms with van der Waals surface area (Å²) in [4.78, 5) is 58.6. The summed E-state index contributed by atoms with van der Waals surface area (Å²) < 4.78 is 61.2. The fraction of sp³-hybridized carbons (Fsp3) is 0.719. The Morgan fingerprint density at radius 3 is 0.822 bits per heavy atom. The molecule has 0 aromatic rings. The highest BCUT2D eigenvalue weighted by atomic mass is 31.2. The summed E-state index contributed by atoms with van der Waals surface area (Å²) in [5, 5.41) is 20.7. The summed E-state index contributed by atoms with van der Waals surface area (Å²) in [6, 6.07) is 0. The maximum Gasteiger partial charge on any atom is 0.472 e. The minimum atomic E-state index is -4.93. The molecule has 0 bridgehead atoms. The Labute approximate surface area is 652 Å². The average molecular weight is 1540 g/mol. The van der Waals surface area contributed by atoms with Crippen LogP contribution >= 0.6 is 15.6 Å². The molecule has 5 atom stereocenters. The zero-order valence-electron chi connectivity index (χ0n) is 67.5. The summed E-state index contributed by atoms with van der Waals surface area (Å²) >= 11 is 0. The van der Waals surface area contributed by atoms with Crippen molar-refractivity contribution in [1.29, 1.82) is 0 Å². The smallest absolute Gasteiger partial charge is 0.463 e. The van der Waals surface area contributed by atoms with E-state index in [4.69, 9.17) is 32.3 Å². The molecular formula is C89H154O16P2. The van der Waals surface area contributed by atoms with Crippen molar-refractivity contribution >= 4 is 33.6 Å². The minimum absolute atomic E-state index is 0.0928. The number of aliphatic hydroxyl groups is 2. The zero-order valence-corrected chi connectivity index (χ0v) is 69.3. The lowest BCUT2D eigenvalue weighted by Gasteiger charge is -2.21. The zero-order chi connectivity index (χ0) is 78.0. The van der Waals surface area contributed by atoms with Crippen molar-refractivity contribution in [3.63, 3.8) is 0 Å². The van der Waals surface area contributed by atoms with Crippen LogP contribution in [0.2, 0.25) is 0 Å². The first-order chi connectivity index (χ1) is 52.2. The standard InChI is InChI=1S/C89H154O16P2/c1-4-7-10-13-16-19-22-24-26-28-30-32-34-36-38-39-40-41-42-43-45-47-48-50-52-54-56-58-61-63-66-69-72-75-87(92)99-78-84(90)79-101-106(95,96)102-80-85(91)81-103-107(97,98)104-83-86(105-89(94)77-74-71-68-65-60-21-18-15-12-9-6-3)82-100-88(93)76-73-70-67-64-62-59-57-55-53-51-49-46-44-37-35-33-31-29-27-25-23-20-17-14-11-8-5-2/h7,10,15-20,24-27,30-33,36-38,40-41,44,84-86,90-91H,4-6,8-9,11-14,21-23,28-29,34-35,39,42-43,45-83H2,1-3H3,(H,95,96)(H,97,98)/b10-7-,18-15-,19-16-,20-17-,26-24-,27-25-,32-30-,33-31-,38-36-,41-40-,44-37-. The summed E-state index contributed by atoms with van der Waals surface area (Å²) in [7, 11) is -9.79. The number of esters is 3. The fourth-order valence-corrected chi connectivity index (χ4v) is 12.9. The second kappa shape index (κ2) is 81.2. The van der Waals surface area contributed by atoms with Crippen molar-refractivity contribution in [2.24, 2.45) is 0 Å². The molecule has 616 valence electrons. The molecule has 0 saturated carbocycles. The van der Waals surface area contributed by atoms with Gasteiger partial charge in [-0.1, -0.05) is 334 Å². The Bertz CT molecular complexity index is 2480. The minimum Gasteiger partial charge on any atom is -0.463 e. The number of ether oxygens (including phenoxy) is 3. The molecule has 16 nitrogen and oxygen atoms in total. The van der Waals surface area contributed by atoms with Crippen LogP contribution in [0.3, 0.4) is 0 Å². The lowest BCUT2D eigenvalue weighted by Crippen LogP contribution is -2.30.